The first-order valence-corrected chi connectivity index (χ1v) is 7.56. The van der Waals surface area contributed by atoms with E-state index in [1.54, 1.807) is 0 Å². The van der Waals surface area contributed by atoms with Crippen molar-refractivity contribution in [2.45, 2.75) is 33.6 Å². The Labute approximate surface area is 116 Å². The molecule has 0 aromatic heterocycles. The number of urea groups is 1. The second-order valence-corrected chi connectivity index (χ2v) is 7.28. The molecule has 2 bridgehead atoms. The summed E-state index contributed by atoms with van der Waals surface area (Å²) in [6.45, 7) is 11.9. The number of morpholine rings is 1. The van der Waals surface area contributed by atoms with Gasteiger partial charge in [0.1, 0.15) is 0 Å². The lowest BCUT2D eigenvalue weighted by molar-refractivity contribution is -0.0158. The summed E-state index contributed by atoms with van der Waals surface area (Å²) < 4.78 is 5.33. The highest BCUT2D eigenvalue weighted by atomic mass is 16.5. The largest absolute Gasteiger partial charge is 0.378 e. The number of ether oxygens (including phenoxy) is 1. The number of hydrogen-bond donors (Lipinski definition) is 0. The number of likely N-dealkylation sites (tertiary alicyclic amines) is 1. The molecule has 2 aliphatic heterocycles. The van der Waals surface area contributed by atoms with Gasteiger partial charge >= 0.3 is 6.03 Å². The third kappa shape index (κ3) is 1.95. The predicted molar refractivity (Wildman–Crippen MR) is 74.0 cm³/mol. The van der Waals surface area contributed by atoms with Crippen molar-refractivity contribution < 1.29 is 9.53 Å². The van der Waals surface area contributed by atoms with E-state index in [-0.39, 0.29) is 11.4 Å². The number of hydrogen-bond acceptors (Lipinski definition) is 2. The van der Waals surface area contributed by atoms with Gasteiger partial charge in [-0.3, -0.25) is 0 Å². The molecule has 0 N–H and O–H groups in total. The van der Waals surface area contributed by atoms with Gasteiger partial charge in [0.15, 0.2) is 0 Å². The van der Waals surface area contributed by atoms with Crippen molar-refractivity contribution in [1.29, 1.82) is 0 Å². The standard InChI is InChI=1S/C15H26N2O2/c1-14(2)12-4-5-15(14,3)11-17(10-12)13(18)16-6-8-19-9-7-16/h12H,4-11H2,1-3H3/t12-,15-/m0/s1. The topological polar surface area (TPSA) is 32.8 Å². The maximum absolute atomic E-state index is 12.6. The van der Waals surface area contributed by atoms with E-state index in [1.165, 1.54) is 12.8 Å². The highest BCUT2D eigenvalue weighted by Crippen LogP contribution is 2.59. The molecule has 108 valence electrons. The molecule has 0 radical (unpaired) electrons. The van der Waals surface area contributed by atoms with Crippen LogP contribution in [0.3, 0.4) is 0 Å². The number of rotatable bonds is 0. The van der Waals surface area contributed by atoms with Gasteiger partial charge in [0.05, 0.1) is 13.2 Å². The van der Waals surface area contributed by atoms with E-state index in [0.717, 1.165) is 26.2 Å². The Hall–Kier alpha value is -0.770. The SMILES string of the molecule is CC1(C)[C@H]2CC[C@@]1(C)CN(C(=O)N1CCOCC1)C2. The molecule has 19 heavy (non-hydrogen) atoms. The van der Waals surface area contributed by atoms with Gasteiger partial charge in [-0.25, -0.2) is 4.79 Å². The lowest BCUT2D eigenvalue weighted by atomic mass is 9.63. The fraction of sp³-hybridized carbons (Fsp3) is 0.933. The molecule has 0 unspecified atom stereocenters. The molecule has 2 amide bonds. The van der Waals surface area contributed by atoms with Gasteiger partial charge in [-0.1, -0.05) is 20.8 Å². The third-order valence-electron chi connectivity index (χ3n) is 6.15. The molecule has 4 nitrogen and oxygen atoms in total. The average molecular weight is 266 g/mol. The highest BCUT2D eigenvalue weighted by Gasteiger charge is 2.56. The lowest BCUT2D eigenvalue weighted by Crippen LogP contribution is -2.57. The van der Waals surface area contributed by atoms with E-state index in [0.29, 0.717) is 24.5 Å². The van der Waals surface area contributed by atoms with Crippen molar-refractivity contribution in [3.63, 3.8) is 0 Å². The van der Waals surface area contributed by atoms with E-state index in [4.69, 9.17) is 4.74 Å². The fourth-order valence-electron chi connectivity index (χ4n) is 4.12. The Morgan fingerprint density at radius 3 is 2.47 bits per heavy atom. The second-order valence-electron chi connectivity index (χ2n) is 7.28. The molecule has 0 aromatic carbocycles. The van der Waals surface area contributed by atoms with Crippen LogP contribution in [0.25, 0.3) is 0 Å². The summed E-state index contributed by atoms with van der Waals surface area (Å²) in [6, 6.07) is 0.233. The first kappa shape index (κ1) is 13.2. The van der Waals surface area contributed by atoms with Crippen LogP contribution in [0.1, 0.15) is 33.6 Å². The van der Waals surface area contributed by atoms with Crippen molar-refractivity contribution in [3.05, 3.63) is 0 Å². The number of fused-ring (bicyclic) bond motifs is 2. The highest BCUT2D eigenvalue weighted by molar-refractivity contribution is 5.75. The molecule has 0 spiro atoms. The van der Waals surface area contributed by atoms with Gasteiger partial charge in [0.25, 0.3) is 0 Å². The minimum atomic E-state index is 0.233. The predicted octanol–water partition coefficient (Wildman–Crippen LogP) is 2.20. The van der Waals surface area contributed by atoms with Gasteiger partial charge in [0.2, 0.25) is 0 Å². The van der Waals surface area contributed by atoms with Crippen LogP contribution in [0.4, 0.5) is 4.79 Å². The van der Waals surface area contributed by atoms with Gasteiger partial charge < -0.3 is 14.5 Å². The quantitative estimate of drug-likeness (QED) is 0.673. The minimum absolute atomic E-state index is 0.233. The van der Waals surface area contributed by atoms with Crippen LogP contribution >= 0.6 is 0 Å². The number of amides is 2. The van der Waals surface area contributed by atoms with E-state index in [2.05, 4.69) is 25.7 Å². The van der Waals surface area contributed by atoms with Crippen LogP contribution in [-0.2, 0) is 4.74 Å². The normalized spacial score (nSPS) is 37.5. The summed E-state index contributed by atoms with van der Waals surface area (Å²) in [5, 5.41) is 0. The molecular weight excluding hydrogens is 240 g/mol. The summed E-state index contributed by atoms with van der Waals surface area (Å²) in [7, 11) is 0. The Balaban J connectivity index is 1.73. The van der Waals surface area contributed by atoms with Crippen molar-refractivity contribution in [2.75, 3.05) is 39.4 Å². The van der Waals surface area contributed by atoms with Gasteiger partial charge in [0, 0.05) is 26.2 Å². The summed E-state index contributed by atoms with van der Waals surface area (Å²) >= 11 is 0. The molecule has 3 fully saturated rings. The first-order valence-electron chi connectivity index (χ1n) is 7.56. The second kappa shape index (κ2) is 4.37. The lowest BCUT2D eigenvalue weighted by Gasteiger charge is -2.51. The maximum Gasteiger partial charge on any atom is 0.320 e. The Bertz CT molecular complexity index is 376. The van der Waals surface area contributed by atoms with Crippen molar-refractivity contribution in [2.24, 2.45) is 16.7 Å². The van der Waals surface area contributed by atoms with Crippen molar-refractivity contribution >= 4 is 6.03 Å². The zero-order valence-corrected chi connectivity index (χ0v) is 12.4. The van der Waals surface area contributed by atoms with Crippen LogP contribution in [0, 0.1) is 16.7 Å². The van der Waals surface area contributed by atoms with Crippen LogP contribution in [0.15, 0.2) is 0 Å². The zero-order valence-electron chi connectivity index (χ0n) is 12.4. The van der Waals surface area contributed by atoms with E-state index < -0.39 is 0 Å². The third-order valence-corrected chi connectivity index (χ3v) is 6.15. The molecule has 0 aromatic rings. The van der Waals surface area contributed by atoms with Gasteiger partial charge in [-0.05, 0) is 29.6 Å². The van der Waals surface area contributed by atoms with E-state index >= 15 is 0 Å². The number of carbonyl (C=O) groups is 1. The van der Waals surface area contributed by atoms with E-state index in [1.807, 2.05) is 4.90 Å². The Kier molecular flexibility index (Phi) is 3.04. The molecule has 2 saturated heterocycles. The summed E-state index contributed by atoms with van der Waals surface area (Å²) in [4.78, 5) is 16.7. The molecule has 3 rings (SSSR count). The van der Waals surface area contributed by atoms with Gasteiger partial charge in [-0.15, -0.1) is 0 Å². The monoisotopic (exact) mass is 266 g/mol. The molecule has 1 saturated carbocycles. The molecule has 2 heterocycles. The van der Waals surface area contributed by atoms with E-state index in [9.17, 15) is 4.79 Å². The Morgan fingerprint density at radius 1 is 1.16 bits per heavy atom. The molecule has 2 atom stereocenters. The number of carbonyl (C=O) groups excluding carboxylic acids is 1. The number of piperidine rings is 1. The van der Waals surface area contributed by atoms with Crippen LogP contribution in [0.5, 0.6) is 0 Å². The van der Waals surface area contributed by atoms with Crippen molar-refractivity contribution in [3.8, 4) is 0 Å². The van der Waals surface area contributed by atoms with Crippen molar-refractivity contribution in [1.82, 2.24) is 9.80 Å². The molecular formula is C15H26N2O2. The zero-order chi connectivity index (χ0) is 13.7. The molecule has 3 aliphatic rings. The number of nitrogens with zero attached hydrogens (tertiary/aromatic N) is 2. The smallest absolute Gasteiger partial charge is 0.320 e. The molecule has 1 aliphatic carbocycles. The van der Waals surface area contributed by atoms with Crippen LogP contribution in [0.2, 0.25) is 0 Å². The first-order chi connectivity index (χ1) is 8.94. The Morgan fingerprint density at radius 2 is 1.84 bits per heavy atom. The van der Waals surface area contributed by atoms with Gasteiger partial charge in [-0.2, -0.15) is 0 Å². The fourth-order valence-corrected chi connectivity index (χ4v) is 4.12. The average Bonchev–Trinajstić information content (AvgIpc) is 2.57. The summed E-state index contributed by atoms with van der Waals surface area (Å²) in [6.07, 6.45) is 2.54. The minimum Gasteiger partial charge on any atom is -0.378 e. The summed E-state index contributed by atoms with van der Waals surface area (Å²) in [5.41, 5.74) is 0.659. The van der Waals surface area contributed by atoms with Crippen LogP contribution < -0.4 is 0 Å². The maximum atomic E-state index is 12.6. The van der Waals surface area contributed by atoms with Crippen LogP contribution in [-0.4, -0.2) is 55.2 Å². The summed E-state index contributed by atoms with van der Waals surface area (Å²) in [5.74, 6) is 0.663. The molecule has 4 heteroatoms.